The zero-order chi connectivity index (χ0) is 65.5. The van der Waals surface area contributed by atoms with E-state index in [4.69, 9.17) is 4.98 Å². The summed E-state index contributed by atoms with van der Waals surface area (Å²) >= 11 is 0. The van der Waals surface area contributed by atoms with E-state index in [1.807, 2.05) is 104 Å². The number of hydrogen-bond donors (Lipinski definition) is 0. The van der Waals surface area contributed by atoms with Crippen LogP contribution in [-0.2, 0) is 80.4 Å². The van der Waals surface area contributed by atoms with Crippen LogP contribution in [0.3, 0.4) is 0 Å². The van der Waals surface area contributed by atoms with Crippen molar-refractivity contribution in [2.75, 3.05) is 39.2 Å². The molecule has 100 heavy (non-hydrogen) atoms. The zero-order valence-electron chi connectivity index (χ0n) is 55.7. The van der Waals surface area contributed by atoms with Gasteiger partial charge in [0.15, 0.2) is 0 Å². The zero-order valence-corrected chi connectivity index (χ0v) is 65.3. The first-order valence-electron chi connectivity index (χ1n) is 32.1. The van der Waals surface area contributed by atoms with Gasteiger partial charge in [0.25, 0.3) is 0 Å². The average Bonchev–Trinajstić information content (AvgIpc) is 1.64. The van der Waals surface area contributed by atoms with Gasteiger partial charge in [0, 0.05) is 133 Å². The maximum Gasteiger partial charge on any atom is 0.126 e. The summed E-state index contributed by atoms with van der Waals surface area (Å²) < 4.78 is 0. The minimum Gasteiger partial charge on any atom is -0.493 e. The maximum absolute atomic E-state index is 4.69. The van der Waals surface area contributed by atoms with Gasteiger partial charge in [-0.2, -0.15) is 109 Å². The summed E-state index contributed by atoms with van der Waals surface area (Å²) in [6, 6.07) is 104. The maximum atomic E-state index is 4.69. The number of nitrogens with zero attached hydrogens (tertiary/aromatic N) is 11. The van der Waals surface area contributed by atoms with Crippen LogP contribution in [-0.4, -0.2) is 15.0 Å². The Bertz CT molecular complexity index is 4500. The van der Waals surface area contributed by atoms with Gasteiger partial charge in [0.05, 0.1) is 17.1 Å². The van der Waals surface area contributed by atoms with Crippen LogP contribution in [0.25, 0.3) is 11.1 Å². The molecule has 4 radical (unpaired) electrons. The van der Waals surface area contributed by atoms with E-state index >= 15 is 0 Å². The summed E-state index contributed by atoms with van der Waals surface area (Å²) in [6.07, 6.45) is 5.50. The number of fused-ring (bicyclic) bond motifs is 4. The second-order valence-electron chi connectivity index (χ2n) is 23.6. The third kappa shape index (κ3) is 15.3. The molecule has 0 saturated carbocycles. The van der Waals surface area contributed by atoms with Crippen LogP contribution in [0.5, 0.6) is 0 Å². The SMILES string of the molecule is Cc1ccccc1N1[CH-]N(c2[c-]ccc(-c3c(C)cccc3C)c2)c2ncccc21.Cc1ccccc1N1[CH-]N(c2[c-]cccc2)c2ccccc21.Cc1ccccc1N1[CH-]N(c2[c-]cccc2)c2cccnc21.Cc1ccccc1N1[CH-]N(c2[c-]cccc2)c2ncccc21.[Ir].[Ir].[Ir].[Ir]. The van der Waals surface area contributed by atoms with Crippen molar-refractivity contribution < 1.29 is 80.4 Å². The van der Waals surface area contributed by atoms with Crippen LogP contribution in [0.2, 0.25) is 0 Å². The number of para-hydroxylation sites is 9. The minimum absolute atomic E-state index is 0. The van der Waals surface area contributed by atoms with E-state index in [0.717, 1.165) is 74.3 Å². The first-order valence-corrected chi connectivity index (χ1v) is 32.1. The van der Waals surface area contributed by atoms with Crippen LogP contribution in [0, 0.1) is 92.5 Å². The molecule has 11 nitrogen and oxygen atoms in total. The molecule has 0 aliphatic carbocycles. The van der Waals surface area contributed by atoms with Gasteiger partial charge < -0.3 is 39.2 Å². The van der Waals surface area contributed by atoms with Gasteiger partial charge in [-0.15, -0.1) is 61.1 Å². The summed E-state index contributed by atoms with van der Waals surface area (Å²) in [5.41, 5.74) is 24.2. The number of rotatable bonds is 9. The van der Waals surface area contributed by atoms with E-state index in [9.17, 15) is 0 Å². The third-order valence-corrected chi connectivity index (χ3v) is 17.3. The molecule has 7 heterocycles. The molecule has 0 spiro atoms. The molecular weight excluding hydrogens is 1940 g/mol. The van der Waals surface area contributed by atoms with Crippen molar-refractivity contribution in [1.82, 2.24) is 15.0 Å². The Labute approximate surface area is 642 Å². The van der Waals surface area contributed by atoms with Crippen LogP contribution < -0.4 is 39.2 Å². The molecule has 0 fully saturated rings. The average molecular weight is 2010 g/mol. The topological polar surface area (TPSA) is 64.6 Å². The Morgan fingerprint density at radius 3 is 0.950 bits per heavy atom. The Kier molecular flexibility index (Phi) is 24.7. The van der Waals surface area contributed by atoms with Gasteiger partial charge in [0.1, 0.15) is 17.5 Å². The molecule has 0 atom stereocenters. The predicted molar refractivity (Wildman–Crippen MR) is 394 cm³/mol. The number of pyridine rings is 3. The Morgan fingerprint density at radius 2 is 0.530 bits per heavy atom. The fourth-order valence-electron chi connectivity index (χ4n) is 12.5. The smallest absolute Gasteiger partial charge is 0.126 e. The first kappa shape index (κ1) is 73.4. The Hall–Kier alpha value is -9.35. The fourth-order valence-corrected chi connectivity index (χ4v) is 12.5. The van der Waals surface area contributed by atoms with Crippen LogP contribution in [0.15, 0.2) is 286 Å². The summed E-state index contributed by atoms with van der Waals surface area (Å²) in [6.45, 7) is 21.2. The molecule has 4 aliphatic heterocycles. The number of hydrogen-bond acceptors (Lipinski definition) is 11. The number of aryl methyl sites for hydroxylation is 6. The Balaban J connectivity index is 0.000000143. The molecule has 4 aliphatic rings. The molecule has 0 saturated heterocycles. The molecule has 3 aromatic heterocycles. The second kappa shape index (κ2) is 33.7. The molecule has 13 aromatic rings. The van der Waals surface area contributed by atoms with Gasteiger partial charge in [0.2, 0.25) is 0 Å². The normalized spacial score (nSPS) is 12.7. The summed E-state index contributed by atoms with van der Waals surface area (Å²) in [5.74, 6) is 2.78. The molecule has 0 unspecified atom stereocenters. The van der Waals surface area contributed by atoms with E-state index in [2.05, 4.69) is 324 Å². The van der Waals surface area contributed by atoms with E-state index < -0.39 is 0 Å². The van der Waals surface area contributed by atoms with E-state index in [0.29, 0.717) is 0 Å². The van der Waals surface area contributed by atoms with Gasteiger partial charge in [-0.1, -0.05) is 103 Å². The van der Waals surface area contributed by atoms with Gasteiger partial charge in [-0.05, 0) is 153 Å². The number of aromatic nitrogens is 3. The van der Waals surface area contributed by atoms with Crippen LogP contribution in [0.1, 0.15) is 33.4 Å². The van der Waals surface area contributed by atoms with Crippen molar-refractivity contribution in [3.05, 3.63) is 370 Å². The molecule has 17 rings (SSSR count). The molecule has 0 amide bonds. The molecule has 15 heteroatoms. The van der Waals surface area contributed by atoms with Crippen LogP contribution >= 0.6 is 0 Å². The molecular formula is C85H69Ir4N11-8. The first-order chi connectivity index (χ1) is 47.2. The Morgan fingerprint density at radius 1 is 0.240 bits per heavy atom. The van der Waals surface area contributed by atoms with Crippen molar-refractivity contribution in [3.8, 4) is 11.1 Å². The van der Waals surface area contributed by atoms with Crippen molar-refractivity contribution >= 4 is 91.4 Å². The number of benzene rings is 10. The quantitative estimate of drug-likeness (QED) is 0.130. The second-order valence-corrected chi connectivity index (χ2v) is 23.6. The van der Waals surface area contributed by atoms with Crippen molar-refractivity contribution in [2.24, 2.45) is 0 Å². The van der Waals surface area contributed by atoms with Crippen LogP contribution in [0.4, 0.5) is 91.4 Å². The van der Waals surface area contributed by atoms with Crippen molar-refractivity contribution in [1.29, 1.82) is 0 Å². The van der Waals surface area contributed by atoms with E-state index in [-0.39, 0.29) is 80.4 Å². The summed E-state index contributed by atoms with van der Waals surface area (Å²) in [7, 11) is 0. The van der Waals surface area contributed by atoms with Gasteiger partial charge in [-0.25, -0.2) is 15.0 Å². The van der Waals surface area contributed by atoms with E-state index in [1.54, 1.807) is 0 Å². The van der Waals surface area contributed by atoms with E-state index in [1.165, 1.54) is 61.6 Å². The molecule has 508 valence electrons. The van der Waals surface area contributed by atoms with Gasteiger partial charge in [-0.3, -0.25) is 0 Å². The largest absolute Gasteiger partial charge is 0.493 e. The van der Waals surface area contributed by atoms with Gasteiger partial charge >= 0.3 is 0 Å². The predicted octanol–water partition coefficient (Wildman–Crippen LogP) is 21.3. The number of anilines is 16. The minimum atomic E-state index is 0. The van der Waals surface area contributed by atoms with Crippen molar-refractivity contribution in [2.45, 2.75) is 41.5 Å². The standard InChI is InChI=1S/C27H23N3.C20H16N2.2C19H15N3.4Ir/c1-19-9-4-5-14-24(19)30-18-29(27-25(30)15-8-16-28-27)23-13-7-12-22(17-23)26-20(2)10-6-11-21(26)3;1-16-9-5-6-12-18(16)22-15-21(17-10-3-2-4-11-17)19-13-7-8-14-20(19)22;1-15-8-5-6-11-17(15)22-14-21(16-9-3-2-4-10-16)19-18(22)12-7-13-20-19;1-15-8-5-6-11-17(15)22-14-21(16-9-3-2-4-10-16)18-12-7-13-20-19(18)22;;;;/h4-12,14-18H,1-3H3;2-10,12-15H,1H3;2*2-9,11-14H,1H3;;;;/q4*-2;;;;. The van der Waals surface area contributed by atoms with Crippen molar-refractivity contribution in [3.63, 3.8) is 0 Å². The summed E-state index contributed by atoms with van der Waals surface area (Å²) in [5, 5.41) is 0. The summed E-state index contributed by atoms with van der Waals surface area (Å²) in [4.78, 5) is 31.1. The fraction of sp³-hybridized carbons (Fsp3) is 0.0706. The monoisotopic (exact) mass is 2020 g/mol. The molecule has 0 bridgehead atoms. The molecule has 0 N–H and O–H groups in total. The third-order valence-electron chi connectivity index (χ3n) is 17.3. The molecule has 10 aromatic carbocycles.